The predicted octanol–water partition coefficient (Wildman–Crippen LogP) is 3.27. The summed E-state index contributed by atoms with van der Waals surface area (Å²) < 4.78 is 10.6. The average Bonchev–Trinajstić information content (AvgIpc) is 2.95. The van der Waals surface area contributed by atoms with Crippen LogP contribution in [-0.2, 0) is 15.9 Å². The van der Waals surface area contributed by atoms with Gasteiger partial charge in [0.2, 0.25) is 0 Å². The smallest absolute Gasteiger partial charge is 0.409 e. The summed E-state index contributed by atoms with van der Waals surface area (Å²) in [7, 11) is 0. The van der Waals surface area contributed by atoms with Crippen LogP contribution in [0.5, 0.6) is 0 Å². The van der Waals surface area contributed by atoms with Crippen LogP contribution in [0.25, 0.3) is 0 Å². The van der Waals surface area contributed by atoms with Crippen molar-refractivity contribution in [3.63, 3.8) is 0 Å². The van der Waals surface area contributed by atoms with Gasteiger partial charge in [-0.1, -0.05) is 29.8 Å². The van der Waals surface area contributed by atoms with Gasteiger partial charge in [-0.15, -0.1) is 0 Å². The van der Waals surface area contributed by atoms with E-state index < -0.39 is 11.7 Å². The maximum Gasteiger partial charge on any atom is 0.409 e. The number of ether oxygens (including phenoxy) is 2. The molecule has 0 spiro atoms. The quantitative estimate of drug-likeness (QED) is 0.907. The van der Waals surface area contributed by atoms with Crippen molar-refractivity contribution in [1.82, 2.24) is 10.2 Å². The summed E-state index contributed by atoms with van der Waals surface area (Å²) in [4.78, 5) is 25.5. The average molecular weight is 348 g/mol. The Hall–Kier alpha value is -2.24. The summed E-state index contributed by atoms with van der Waals surface area (Å²) in [5.41, 5.74) is 1.82. The van der Waals surface area contributed by atoms with Crippen molar-refractivity contribution in [3.05, 3.63) is 35.4 Å². The number of nitrogens with one attached hydrogen (secondary N) is 1. The fourth-order valence-corrected chi connectivity index (χ4v) is 2.62. The van der Waals surface area contributed by atoms with Crippen LogP contribution in [0, 0.1) is 6.92 Å². The molecule has 1 unspecified atom stereocenters. The summed E-state index contributed by atoms with van der Waals surface area (Å²) >= 11 is 0. The molecule has 1 saturated heterocycles. The van der Waals surface area contributed by atoms with Crippen molar-refractivity contribution in [2.45, 2.75) is 52.2 Å². The van der Waals surface area contributed by atoms with Gasteiger partial charge in [-0.25, -0.2) is 9.59 Å². The van der Waals surface area contributed by atoms with Crippen LogP contribution in [0.2, 0.25) is 0 Å². The van der Waals surface area contributed by atoms with Crippen molar-refractivity contribution in [1.29, 1.82) is 0 Å². The lowest BCUT2D eigenvalue weighted by molar-refractivity contribution is 0.0503. The van der Waals surface area contributed by atoms with Gasteiger partial charge in [-0.2, -0.15) is 0 Å². The lowest BCUT2D eigenvalue weighted by Crippen LogP contribution is -2.41. The molecule has 138 valence electrons. The first-order chi connectivity index (χ1) is 11.7. The molecule has 0 aliphatic carbocycles. The number of alkyl carbamates (subject to hydrolysis) is 1. The SMILES string of the molecule is Cc1ccc(CCOC(=O)N2CCC(NC(=O)OC(C)(C)C)C2)cc1. The number of amides is 2. The van der Waals surface area contributed by atoms with E-state index in [0.717, 1.165) is 5.56 Å². The number of rotatable bonds is 4. The summed E-state index contributed by atoms with van der Waals surface area (Å²) in [6, 6.07) is 8.08. The molecular formula is C19H28N2O4. The first-order valence-corrected chi connectivity index (χ1v) is 8.70. The molecule has 6 heteroatoms. The number of hydrogen-bond donors (Lipinski definition) is 1. The predicted molar refractivity (Wildman–Crippen MR) is 95.6 cm³/mol. The monoisotopic (exact) mass is 348 g/mol. The van der Waals surface area contributed by atoms with Crippen molar-refractivity contribution in [2.75, 3.05) is 19.7 Å². The van der Waals surface area contributed by atoms with Gasteiger partial charge in [0.25, 0.3) is 0 Å². The summed E-state index contributed by atoms with van der Waals surface area (Å²) in [5, 5.41) is 2.80. The molecule has 1 aliphatic rings. The van der Waals surface area contributed by atoms with Crippen LogP contribution in [0.3, 0.4) is 0 Å². The minimum Gasteiger partial charge on any atom is -0.449 e. The fraction of sp³-hybridized carbons (Fsp3) is 0.579. The fourth-order valence-electron chi connectivity index (χ4n) is 2.62. The molecule has 1 N–H and O–H groups in total. The maximum atomic E-state index is 12.1. The van der Waals surface area contributed by atoms with Gasteiger partial charge in [-0.3, -0.25) is 0 Å². The third-order valence-corrected chi connectivity index (χ3v) is 3.90. The number of aryl methyl sites for hydroxylation is 1. The van der Waals surface area contributed by atoms with Gasteiger partial charge >= 0.3 is 12.2 Å². The Morgan fingerprint density at radius 3 is 2.56 bits per heavy atom. The molecule has 1 aliphatic heterocycles. The first-order valence-electron chi connectivity index (χ1n) is 8.70. The molecule has 1 fully saturated rings. The van der Waals surface area contributed by atoms with Crippen LogP contribution >= 0.6 is 0 Å². The Bertz CT molecular complexity index is 592. The number of carbonyl (C=O) groups is 2. The van der Waals surface area contributed by atoms with Crippen LogP contribution in [-0.4, -0.2) is 48.4 Å². The Morgan fingerprint density at radius 2 is 1.92 bits per heavy atom. The molecule has 0 bridgehead atoms. The Kier molecular flexibility index (Phi) is 6.28. The Balaban J connectivity index is 1.69. The molecule has 0 aromatic heterocycles. The summed E-state index contributed by atoms with van der Waals surface area (Å²) in [5.74, 6) is 0. The number of hydrogen-bond acceptors (Lipinski definition) is 4. The van der Waals surface area contributed by atoms with Crippen LogP contribution in [0.15, 0.2) is 24.3 Å². The van der Waals surface area contributed by atoms with Gasteiger partial charge in [0, 0.05) is 19.5 Å². The summed E-state index contributed by atoms with van der Waals surface area (Å²) in [6.07, 6.45) is 0.610. The van der Waals surface area contributed by atoms with E-state index in [0.29, 0.717) is 32.5 Å². The van der Waals surface area contributed by atoms with Gasteiger partial charge < -0.3 is 19.7 Å². The van der Waals surface area contributed by atoms with Crippen molar-refractivity contribution in [3.8, 4) is 0 Å². The van der Waals surface area contributed by atoms with Gasteiger partial charge in [0.1, 0.15) is 5.60 Å². The molecule has 6 nitrogen and oxygen atoms in total. The van der Waals surface area contributed by atoms with Crippen molar-refractivity contribution >= 4 is 12.2 Å². The summed E-state index contributed by atoms with van der Waals surface area (Å²) in [6.45, 7) is 8.87. The highest BCUT2D eigenvalue weighted by atomic mass is 16.6. The third-order valence-electron chi connectivity index (χ3n) is 3.90. The zero-order chi connectivity index (χ0) is 18.4. The molecule has 1 aromatic rings. The Labute approximate surface area is 149 Å². The molecule has 1 aromatic carbocycles. The number of likely N-dealkylation sites (tertiary alicyclic amines) is 1. The second-order valence-electron chi connectivity index (χ2n) is 7.43. The number of nitrogens with zero attached hydrogens (tertiary/aromatic N) is 1. The molecule has 2 rings (SSSR count). The largest absolute Gasteiger partial charge is 0.449 e. The molecule has 25 heavy (non-hydrogen) atoms. The van der Waals surface area contributed by atoms with E-state index in [9.17, 15) is 9.59 Å². The van der Waals surface area contributed by atoms with E-state index in [1.54, 1.807) is 4.90 Å². The van der Waals surface area contributed by atoms with Gasteiger partial charge in [0.15, 0.2) is 0 Å². The van der Waals surface area contributed by atoms with E-state index in [1.165, 1.54) is 5.56 Å². The van der Waals surface area contributed by atoms with Gasteiger partial charge in [-0.05, 0) is 39.7 Å². The minimum atomic E-state index is -0.530. The molecule has 0 radical (unpaired) electrons. The highest BCUT2D eigenvalue weighted by Gasteiger charge is 2.29. The molecular weight excluding hydrogens is 320 g/mol. The lowest BCUT2D eigenvalue weighted by atomic mass is 10.1. The van der Waals surface area contributed by atoms with E-state index >= 15 is 0 Å². The van der Waals surface area contributed by atoms with Crippen LogP contribution in [0.1, 0.15) is 38.3 Å². The maximum absolute atomic E-state index is 12.1. The van der Waals surface area contributed by atoms with Crippen LogP contribution in [0.4, 0.5) is 9.59 Å². The van der Waals surface area contributed by atoms with E-state index in [1.807, 2.05) is 52.0 Å². The Morgan fingerprint density at radius 1 is 1.24 bits per heavy atom. The van der Waals surface area contributed by atoms with Crippen LogP contribution < -0.4 is 5.32 Å². The lowest BCUT2D eigenvalue weighted by Gasteiger charge is -2.22. The zero-order valence-corrected chi connectivity index (χ0v) is 15.5. The second kappa shape index (κ2) is 8.23. The van der Waals surface area contributed by atoms with Crippen molar-refractivity contribution in [2.24, 2.45) is 0 Å². The molecule has 1 atom stereocenters. The zero-order valence-electron chi connectivity index (χ0n) is 15.5. The highest BCUT2D eigenvalue weighted by Crippen LogP contribution is 2.13. The topological polar surface area (TPSA) is 67.9 Å². The molecule has 0 saturated carbocycles. The molecule has 1 heterocycles. The molecule has 2 amide bonds. The van der Waals surface area contributed by atoms with E-state index in [4.69, 9.17) is 9.47 Å². The first kappa shape index (κ1) is 19.1. The highest BCUT2D eigenvalue weighted by molar-refractivity contribution is 5.70. The number of benzene rings is 1. The standard InChI is InChI=1S/C19H28N2O4/c1-14-5-7-15(8-6-14)10-12-24-18(23)21-11-9-16(13-21)20-17(22)25-19(2,3)4/h5-8,16H,9-13H2,1-4H3,(H,20,22). The third kappa shape index (κ3) is 6.64. The normalized spacial score (nSPS) is 17.3. The van der Waals surface area contributed by atoms with E-state index in [-0.39, 0.29) is 12.1 Å². The van der Waals surface area contributed by atoms with Gasteiger partial charge in [0.05, 0.1) is 12.6 Å². The van der Waals surface area contributed by atoms with E-state index in [2.05, 4.69) is 5.32 Å². The number of carbonyl (C=O) groups excluding carboxylic acids is 2. The second-order valence-corrected chi connectivity index (χ2v) is 7.43. The minimum absolute atomic E-state index is 0.0977. The van der Waals surface area contributed by atoms with Crippen molar-refractivity contribution < 1.29 is 19.1 Å².